The summed E-state index contributed by atoms with van der Waals surface area (Å²) in [5.41, 5.74) is -0.107. The van der Waals surface area contributed by atoms with E-state index in [0.717, 1.165) is 19.5 Å². The van der Waals surface area contributed by atoms with E-state index in [-0.39, 0.29) is 23.6 Å². The highest BCUT2D eigenvalue weighted by Crippen LogP contribution is 2.59. The fourth-order valence-electron chi connectivity index (χ4n) is 4.95. The van der Waals surface area contributed by atoms with Crippen LogP contribution in [0.5, 0.6) is 17.5 Å². The number of piperidine rings is 1. The van der Waals surface area contributed by atoms with Crippen LogP contribution in [0.25, 0.3) is 0 Å². The van der Waals surface area contributed by atoms with Crippen LogP contribution in [0.4, 0.5) is 0 Å². The van der Waals surface area contributed by atoms with Gasteiger partial charge in [0.25, 0.3) is 0 Å². The topological polar surface area (TPSA) is 87.4 Å². The Bertz CT molecular complexity index is 742. The van der Waals surface area contributed by atoms with Crippen LogP contribution in [0, 0.1) is 5.92 Å². The maximum absolute atomic E-state index is 13.2. The molecule has 0 bridgehead atoms. The van der Waals surface area contributed by atoms with E-state index in [1.165, 1.54) is 4.57 Å². The summed E-state index contributed by atoms with van der Waals surface area (Å²) in [7, 11) is 0. The van der Waals surface area contributed by atoms with E-state index in [1.54, 1.807) is 0 Å². The standard InChI is InChI=1S/C19H29N3O5/c1-4-21-17(24)14-15(18(21)25)27-19(3)9-12(2)10-22(16(14)19)13(23)11-20-5-7-26-8-6-20/h12,16,24-25H,4-11H2,1-3H3/t12-,16-,19-/m0/s1. The summed E-state index contributed by atoms with van der Waals surface area (Å²) >= 11 is 0. The first-order valence-electron chi connectivity index (χ1n) is 9.78. The zero-order chi connectivity index (χ0) is 19.3. The molecule has 4 rings (SSSR count). The molecule has 0 spiro atoms. The molecular formula is C19H29N3O5. The van der Waals surface area contributed by atoms with E-state index in [2.05, 4.69) is 11.8 Å². The average Bonchev–Trinajstić information content (AvgIpc) is 3.05. The second-order valence-electron chi connectivity index (χ2n) is 8.20. The molecule has 8 nitrogen and oxygen atoms in total. The average molecular weight is 379 g/mol. The summed E-state index contributed by atoms with van der Waals surface area (Å²) in [6.45, 7) is 10.1. The van der Waals surface area contributed by atoms with Gasteiger partial charge in [-0.05, 0) is 26.2 Å². The van der Waals surface area contributed by atoms with Crippen molar-refractivity contribution in [1.82, 2.24) is 14.4 Å². The summed E-state index contributed by atoms with van der Waals surface area (Å²) in [4.78, 5) is 17.2. The number of aromatic hydroxyl groups is 2. The van der Waals surface area contributed by atoms with Gasteiger partial charge in [0.05, 0.1) is 25.3 Å². The van der Waals surface area contributed by atoms with Gasteiger partial charge in [-0.25, -0.2) is 0 Å². The third kappa shape index (κ3) is 2.86. The van der Waals surface area contributed by atoms with Gasteiger partial charge in [-0.2, -0.15) is 0 Å². The smallest absolute Gasteiger partial charge is 0.238 e. The maximum atomic E-state index is 13.2. The molecule has 3 aliphatic rings. The number of nitrogens with zero attached hydrogens (tertiary/aromatic N) is 3. The number of morpholine rings is 1. The minimum atomic E-state index is -0.648. The Kier molecular flexibility index (Phi) is 4.50. The van der Waals surface area contributed by atoms with Crippen molar-refractivity contribution in [1.29, 1.82) is 0 Å². The van der Waals surface area contributed by atoms with Crippen LogP contribution in [0.2, 0.25) is 0 Å². The molecule has 3 aliphatic heterocycles. The number of aromatic nitrogens is 1. The van der Waals surface area contributed by atoms with Crippen molar-refractivity contribution in [3.05, 3.63) is 5.56 Å². The molecule has 4 heterocycles. The number of hydrogen-bond donors (Lipinski definition) is 2. The summed E-state index contributed by atoms with van der Waals surface area (Å²) in [6.07, 6.45) is 0.763. The molecule has 2 saturated heterocycles. The van der Waals surface area contributed by atoms with Gasteiger partial charge >= 0.3 is 0 Å². The van der Waals surface area contributed by atoms with Crippen molar-refractivity contribution in [2.75, 3.05) is 39.4 Å². The van der Waals surface area contributed by atoms with Crippen LogP contribution in [-0.2, 0) is 16.1 Å². The number of hydrogen-bond acceptors (Lipinski definition) is 6. The lowest BCUT2D eigenvalue weighted by molar-refractivity contribution is -0.146. The number of fused-ring (bicyclic) bond motifs is 3. The molecule has 8 heteroatoms. The summed E-state index contributed by atoms with van der Waals surface area (Å²) < 4.78 is 13.0. The third-order valence-electron chi connectivity index (χ3n) is 6.06. The Hall–Kier alpha value is -1.93. The highest BCUT2D eigenvalue weighted by atomic mass is 16.5. The van der Waals surface area contributed by atoms with E-state index >= 15 is 0 Å². The first kappa shape index (κ1) is 18.4. The fourth-order valence-corrected chi connectivity index (χ4v) is 4.95. The first-order valence-corrected chi connectivity index (χ1v) is 9.78. The quantitative estimate of drug-likeness (QED) is 0.824. The fraction of sp³-hybridized carbons (Fsp3) is 0.737. The van der Waals surface area contributed by atoms with Gasteiger partial charge in [-0.15, -0.1) is 0 Å². The lowest BCUT2D eigenvalue weighted by Gasteiger charge is -2.46. The molecule has 2 fully saturated rings. The number of rotatable bonds is 3. The van der Waals surface area contributed by atoms with Crippen LogP contribution in [0.1, 0.15) is 38.8 Å². The number of amides is 1. The molecule has 150 valence electrons. The Balaban J connectivity index is 1.67. The molecule has 0 radical (unpaired) electrons. The second-order valence-corrected chi connectivity index (χ2v) is 8.20. The van der Waals surface area contributed by atoms with Gasteiger partial charge in [0.15, 0.2) is 5.75 Å². The van der Waals surface area contributed by atoms with Crippen LogP contribution in [-0.4, -0.2) is 75.5 Å². The van der Waals surface area contributed by atoms with Gasteiger partial charge in [0.1, 0.15) is 11.6 Å². The Morgan fingerprint density at radius 3 is 2.63 bits per heavy atom. The van der Waals surface area contributed by atoms with Gasteiger partial charge in [-0.3, -0.25) is 14.3 Å². The molecule has 3 atom stereocenters. The van der Waals surface area contributed by atoms with E-state index in [1.807, 2.05) is 18.7 Å². The Morgan fingerprint density at radius 2 is 1.96 bits per heavy atom. The SMILES string of the molecule is CCn1c(O)c2c(c1O)[C@@H]1N(C(=O)CN3CCOCC3)C[C@@H](C)C[C@]1(C)O2. The van der Waals surface area contributed by atoms with E-state index in [4.69, 9.17) is 9.47 Å². The molecule has 27 heavy (non-hydrogen) atoms. The van der Waals surface area contributed by atoms with Crippen molar-refractivity contribution in [2.45, 2.75) is 45.4 Å². The molecule has 0 saturated carbocycles. The zero-order valence-corrected chi connectivity index (χ0v) is 16.3. The van der Waals surface area contributed by atoms with E-state index in [9.17, 15) is 15.0 Å². The van der Waals surface area contributed by atoms with Gasteiger partial charge in [-0.1, -0.05) is 6.92 Å². The minimum absolute atomic E-state index is 0.00236. The first-order chi connectivity index (χ1) is 12.9. The number of ether oxygens (including phenoxy) is 2. The van der Waals surface area contributed by atoms with Crippen molar-refractivity contribution in [3.63, 3.8) is 0 Å². The lowest BCUT2D eigenvalue weighted by atomic mass is 9.79. The van der Waals surface area contributed by atoms with Gasteiger partial charge in [0.2, 0.25) is 17.7 Å². The summed E-state index contributed by atoms with van der Waals surface area (Å²) in [5.74, 6) is 0.553. The molecule has 1 aromatic heterocycles. The maximum Gasteiger partial charge on any atom is 0.238 e. The van der Waals surface area contributed by atoms with E-state index < -0.39 is 11.6 Å². The van der Waals surface area contributed by atoms with Crippen LogP contribution < -0.4 is 4.74 Å². The predicted molar refractivity (Wildman–Crippen MR) is 98.0 cm³/mol. The monoisotopic (exact) mass is 379 g/mol. The Morgan fingerprint density at radius 1 is 1.26 bits per heavy atom. The number of carbonyl (C=O) groups is 1. The van der Waals surface area contributed by atoms with Gasteiger partial charge < -0.3 is 24.6 Å². The van der Waals surface area contributed by atoms with Gasteiger partial charge in [0, 0.05) is 26.2 Å². The minimum Gasteiger partial charge on any atom is -0.494 e. The summed E-state index contributed by atoms with van der Waals surface area (Å²) in [5, 5.41) is 21.2. The van der Waals surface area contributed by atoms with Crippen LogP contribution in [0.3, 0.4) is 0 Å². The molecule has 0 aliphatic carbocycles. The molecule has 1 amide bonds. The predicted octanol–water partition coefficient (Wildman–Crippen LogP) is 1.31. The van der Waals surface area contributed by atoms with Crippen molar-refractivity contribution in [3.8, 4) is 17.5 Å². The van der Waals surface area contributed by atoms with Crippen LogP contribution in [0.15, 0.2) is 0 Å². The Labute approximate surface area is 159 Å². The van der Waals surface area contributed by atoms with Crippen LogP contribution >= 0.6 is 0 Å². The second kappa shape index (κ2) is 6.60. The highest BCUT2D eigenvalue weighted by molar-refractivity contribution is 5.80. The zero-order valence-electron chi connectivity index (χ0n) is 16.3. The highest BCUT2D eigenvalue weighted by Gasteiger charge is 2.56. The van der Waals surface area contributed by atoms with E-state index in [0.29, 0.717) is 44.2 Å². The summed E-state index contributed by atoms with van der Waals surface area (Å²) in [6, 6.07) is -0.393. The lowest BCUT2D eigenvalue weighted by Crippen LogP contribution is -2.56. The van der Waals surface area contributed by atoms with Crippen molar-refractivity contribution < 1.29 is 24.5 Å². The molecule has 2 N–H and O–H groups in total. The largest absolute Gasteiger partial charge is 0.494 e. The molecule has 1 aromatic rings. The molecule has 0 unspecified atom stereocenters. The number of likely N-dealkylation sites (tertiary alicyclic amines) is 1. The third-order valence-corrected chi connectivity index (χ3v) is 6.06. The van der Waals surface area contributed by atoms with Crippen molar-refractivity contribution >= 4 is 5.91 Å². The molecule has 0 aromatic carbocycles. The number of carbonyl (C=O) groups excluding carboxylic acids is 1. The van der Waals surface area contributed by atoms with Crippen molar-refractivity contribution in [2.24, 2.45) is 5.92 Å². The molecular weight excluding hydrogens is 350 g/mol. The normalized spacial score (nSPS) is 30.7.